The maximum Gasteiger partial charge on any atom is 0.339 e. The van der Waals surface area contributed by atoms with Crippen LogP contribution in [0.25, 0.3) is 0 Å². The van der Waals surface area contributed by atoms with Crippen molar-refractivity contribution < 1.29 is 53.6 Å². The average molecular weight is 725 g/mol. The SMILES string of the molecule is COc1c(NC(=O)c2ccc(NC(=O)c3ccc(NC(=O)C(CC#N)NC(=O)c4ccc(NC(C)=O)cc4)cc3)c(OC)c2O)ccc(C(=O)O)c1O. The molecule has 0 fully saturated rings. The molecule has 17 heteroatoms. The number of anilines is 4. The third-order valence-corrected chi connectivity index (χ3v) is 7.44. The third kappa shape index (κ3) is 9.15. The van der Waals surface area contributed by atoms with Crippen LogP contribution >= 0.6 is 0 Å². The predicted octanol–water partition coefficient (Wildman–Crippen LogP) is 3.93. The Labute approximate surface area is 301 Å². The zero-order valence-corrected chi connectivity index (χ0v) is 28.3. The van der Waals surface area contributed by atoms with Crippen LogP contribution in [0, 0.1) is 11.3 Å². The maximum absolute atomic E-state index is 13.1. The topological polar surface area (TPSA) is 266 Å². The number of phenols is 2. The molecule has 4 aromatic rings. The number of methoxy groups -OCH3 is 2. The van der Waals surface area contributed by atoms with Gasteiger partial charge in [-0.05, 0) is 72.8 Å². The molecule has 1 atom stereocenters. The van der Waals surface area contributed by atoms with Crippen molar-refractivity contribution in [2.45, 2.75) is 19.4 Å². The van der Waals surface area contributed by atoms with Gasteiger partial charge in [0, 0.05) is 29.4 Å². The molecule has 0 bridgehead atoms. The van der Waals surface area contributed by atoms with Gasteiger partial charge in [0.05, 0.1) is 43.6 Å². The number of ether oxygens (including phenoxy) is 2. The second-order valence-corrected chi connectivity index (χ2v) is 11.0. The van der Waals surface area contributed by atoms with Gasteiger partial charge in [-0.15, -0.1) is 0 Å². The van der Waals surface area contributed by atoms with Crippen LogP contribution in [-0.4, -0.2) is 71.1 Å². The van der Waals surface area contributed by atoms with Crippen molar-refractivity contribution >= 4 is 58.3 Å². The Morgan fingerprint density at radius 1 is 0.660 bits per heavy atom. The summed E-state index contributed by atoms with van der Waals surface area (Å²) in [6.45, 7) is 1.34. The van der Waals surface area contributed by atoms with Gasteiger partial charge in [0.2, 0.25) is 11.8 Å². The smallest absolute Gasteiger partial charge is 0.339 e. The molecule has 0 radical (unpaired) electrons. The molecule has 0 aliphatic rings. The number of hydrogen-bond acceptors (Lipinski definition) is 11. The molecule has 0 heterocycles. The molecule has 0 saturated carbocycles. The number of hydrogen-bond donors (Lipinski definition) is 8. The molecule has 5 amide bonds. The highest BCUT2D eigenvalue weighted by Gasteiger charge is 2.25. The summed E-state index contributed by atoms with van der Waals surface area (Å²) in [7, 11) is 2.36. The van der Waals surface area contributed by atoms with Crippen LogP contribution in [0.3, 0.4) is 0 Å². The standard InChI is InChI=1S/C36H32N6O11/c1-18(43)38-21-8-4-20(5-9-21)33(47)42-27(16-17-37)35(49)39-22-10-6-19(7-11-22)32(46)40-25-14-12-23(28(44)30(25)52-2)34(48)41-26-15-13-24(36(50)51)29(45)31(26)53-3/h4-15,27,44-45H,16H2,1-3H3,(H,38,43)(H,39,49)(H,40,46)(H,41,48)(H,42,47)(H,50,51). The van der Waals surface area contributed by atoms with Crippen LogP contribution in [0.15, 0.2) is 72.8 Å². The van der Waals surface area contributed by atoms with Gasteiger partial charge < -0.3 is 51.4 Å². The predicted molar refractivity (Wildman–Crippen MR) is 189 cm³/mol. The molecule has 272 valence electrons. The van der Waals surface area contributed by atoms with E-state index in [-0.39, 0.29) is 57.6 Å². The monoisotopic (exact) mass is 724 g/mol. The normalized spacial score (nSPS) is 10.8. The Bertz CT molecular complexity index is 2130. The maximum atomic E-state index is 13.1. The van der Waals surface area contributed by atoms with E-state index in [1.54, 1.807) is 0 Å². The first-order chi connectivity index (χ1) is 25.3. The first-order valence-corrected chi connectivity index (χ1v) is 15.4. The molecular formula is C36H32N6O11. The Balaban J connectivity index is 1.42. The van der Waals surface area contributed by atoms with Crippen molar-refractivity contribution in [2.24, 2.45) is 0 Å². The van der Waals surface area contributed by atoms with E-state index < -0.39 is 52.7 Å². The van der Waals surface area contributed by atoms with Gasteiger partial charge in [0.15, 0.2) is 23.0 Å². The van der Waals surface area contributed by atoms with Crippen LogP contribution in [0.2, 0.25) is 0 Å². The van der Waals surface area contributed by atoms with Crippen molar-refractivity contribution in [3.63, 3.8) is 0 Å². The second kappa shape index (κ2) is 16.9. The summed E-state index contributed by atoms with van der Waals surface area (Å²) in [6, 6.07) is 16.9. The van der Waals surface area contributed by atoms with Gasteiger partial charge in [-0.25, -0.2) is 4.79 Å². The number of carboxylic acids is 1. The van der Waals surface area contributed by atoms with Crippen LogP contribution in [-0.2, 0) is 9.59 Å². The molecule has 0 aliphatic carbocycles. The zero-order chi connectivity index (χ0) is 38.8. The Kier molecular flexibility index (Phi) is 12.2. The van der Waals surface area contributed by atoms with E-state index in [1.165, 1.54) is 80.8 Å². The van der Waals surface area contributed by atoms with E-state index in [2.05, 4.69) is 26.6 Å². The lowest BCUT2D eigenvalue weighted by molar-refractivity contribution is -0.118. The first kappa shape index (κ1) is 38.2. The molecular weight excluding hydrogens is 692 g/mol. The van der Waals surface area contributed by atoms with Crippen molar-refractivity contribution in [3.8, 4) is 29.1 Å². The Morgan fingerprint density at radius 2 is 1.13 bits per heavy atom. The fourth-order valence-electron chi connectivity index (χ4n) is 4.88. The highest BCUT2D eigenvalue weighted by atomic mass is 16.5. The van der Waals surface area contributed by atoms with Crippen LogP contribution < -0.4 is 36.1 Å². The number of phenolic OH excluding ortho intramolecular Hbond substituents is 1. The average Bonchev–Trinajstić information content (AvgIpc) is 3.11. The third-order valence-electron chi connectivity index (χ3n) is 7.44. The van der Waals surface area contributed by atoms with E-state index in [1.807, 2.05) is 6.07 Å². The van der Waals surface area contributed by atoms with Crippen molar-refractivity contribution in [3.05, 3.63) is 95.1 Å². The van der Waals surface area contributed by atoms with Crippen molar-refractivity contribution in [1.29, 1.82) is 5.26 Å². The molecule has 17 nitrogen and oxygen atoms in total. The van der Waals surface area contributed by atoms with Gasteiger partial charge in [-0.2, -0.15) is 5.26 Å². The molecule has 53 heavy (non-hydrogen) atoms. The summed E-state index contributed by atoms with van der Waals surface area (Å²) < 4.78 is 10.3. The van der Waals surface area contributed by atoms with Crippen LogP contribution in [0.1, 0.15) is 54.8 Å². The van der Waals surface area contributed by atoms with Crippen molar-refractivity contribution in [1.82, 2.24) is 5.32 Å². The van der Waals surface area contributed by atoms with Gasteiger partial charge in [-0.3, -0.25) is 24.0 Å². The molecule has 0 aliphatic heterocycles. The summed E-state index contributed by atoms with van der Waals surface area (Å²) in [5.74, 6) is -6.51. The molecule has 8 N–H and O–H groups in total. The summed E-state index contributed by atoms with van der Waals surface area (Å²) >= 11 is 0. The van der Waals surface area contributed by atoms with E-state index >= 15 is 0 Å². The Hall–Kier alpha value is -7.61. The Morgan fingerprint density at radius 3 is 1.62 bits per heavy atom. The van der Waals surface area contributed by atoms with E-state index in [0.717, 1.165) is 13.2 Å². The number of benzene rings is 4. The number of rotatable bonds is 13. The lowest BCUT2D eigenvalue weighted by Gasteiger charge is -2.17. The number of carbonyl (C=O) groups excluding carboxylic acids is 5. The first-order valence-electron chi connectivity index (χ1n) is 15.4. The lowest BCUT2D eigenvalue weighted by atomic mass is 10.1. The number of aromatic carboxylic acids is 1. The van der Waals surface area contributed by atoms with Gasteiger partial charge in [0.1, 0.15) is 11.6 Å². The molecule has 4 rings (SSSR count). The highest BCUT2D eigenvalue weighted by molar-refractivity contribution is 6.10. The van der Waals surface area contributed by atoms with Gasteiger partial charge in [-0.1, -0.05) is 0 Å². The number of aromatic hydroxyl groups is 2. The number of carbonyl (C=O) groups is 6. The van der Waals surface area contributed by atoms with Gasteiger partial charge >= 0.3 is 5.97 Å². The lowest BCUT2D eigenvalue weighted by Crippen LogP contribution is -2.43. The quantitative estimate of drug-likeness (QED) is 0.0975. The van der Waals surface area contributed by atoms with Crippen LogP contribution in [0.5, 0.6) is 23.0 Å². The number of nitriles is 1. The second-order valence-electron chi connectivity index (χ2n) is 11.0. The van der Waals surface area contributed by atoms with E-state index in [9.17, 15) is 49.3 Å². The fourth-order valence-corrected chi connectivity index (χ4v) is 4.88. The summed E-state index contributed by atoms with van der Waals surface area (Å²) in [4.78, 5) is 74.4. The minimum atomic E-state index is -1.42. The molecule has 0 spiro atoms. The van der Waals surface area contributed by atoms with E-state index in [0.29, 0.717) is 5.69 Å². The molecule has 0 saturated heterocycles. The van der Waals surface area contributed by atoms with E-state index in [4.69, 9.17) is 9.47 Å². The number of carboxylic acid groups (broad SMARTS) is 1. The van der Waals surface area contributed by atoms with Crippen LogP contribution in [0.4, 0.5) is 22.7 Å². The van der Waals surface area contributed by atoms with Crippen molar-refractivity contribution in [2.75, 3.05) is 35.5 Å². The fraction of sp³-hybridized carbons (Fsp3) is 0.139. The molecule has 4 aromatic carbocycles. The number of amides is 5. The zero-order valence-electron chi connectivity index (χ0n) is 28.3. The molecule has 0 aromatic heterocycles. The summed E-state index contributed by atoms with van der Waals surface area (Å²) in [6.07, 6.45) is -0.338. The summed E-state index contributed by atoms with van der Waals surface area (Å²) in [5, 5.41) is 52.2. The minimum Gasteiger partial charge on any atom is -0.504 e. The number of nitrogens with one attached hydrogen (secondary N) is 5. The summed E-state index contributed by atoms with van der Waals surface area (Å²) in [5.41, 5.74) is 0.178. The number of nitrogens with zero attached hydrogens (tertiary/aromatic N) is 1. The van der Waals surface area contributed by atoms with Gasteiger partial charge in [0.25, 0.3) is 17.7 Å². The highest BCUT2D eigenvalue weighted by Crippen LogP contribution is 2.40. The molecule has 1 unspecified atom stereocenters. The minimum absolute atomic E-state index is 0.00944. The largest absolute Gasteiger partial charge is 0.504 e.